The summed E-state index contributed by atoms with van der Waals surface area (Å²) in [6, 6.07) is 0. The van der Waals surface area contributed by atoms with Crippen LogP contribution in [0.5, 0.6) is 0 Å². The molecule has 0 bridgehead atoms. The van der Waals surface area contributed by atoms with E-state index in [0.717, 1.165) is 30.2 Å². The summed E-state index contributed by atoms with van der Waals surface area (Å²) >= 11 is 1.29. The monoisotopic (exact) mass is 284 g/mol. The molecule has 0 amide bonds. The van der Waals surface area contributed by atoms with Crippen molar-refractivity contribution in [3.8, 4) is 0 Å². The average Bonchev–Trinajstić information content (AvgIpc) is 2.80. The zero-order valence-electron chi connectivity index (χ0n) is 12.4. The lowest BCUT2D eigenvalue weighted by Crippen LogP contribution is -2.19. The van der Waals surface area contributed by atoms with Crippen LogP contribution in [0.2, 0.25) is 0 Å². The van der Waals surface area contributed by atoms with Gasteiger partial charge in [-0.2, -0.15) is 0 Å². The second-order valence-corrected chi connectivity index (χ2v) is 6.41. The Kier molecular flexibility index (Phi) is 5.79. The molecule has 0 aliphatic heterocycles. The van der Waals surface area contributed by atoms with Crippen molar-refractivity contribution >= 4 is 22.4 Å². The number of thiazole rings is 1. The van der Waals surface area contributed by atoms with E-state index in [9.17, 15) is 9.90 Å². The molecule has 0 aromatic carbocycles. The zero-order chi connectivity index (χ0) is 14.6. The molecule has 0 aliphatic carbocycles. The number of aromatic nitrogens is 1. The van der Waals surface area contributed by atoms with Crippen LogP contribution in [0.25, 0.3) is 0 Å². The summed E-state index contributed by atoms with van der Waals surface area (Å²) < 4.78 is 0. The van der Waals surface area contributed by atoms with Crippen LogP contribution in [-0.2, 0) is 0 Å². The van der Waals surface area contributed by atoms with Gasteiger partial charge < -0.3 is 10.0 Å². The van der Waals surface area contributed by atoms with E-state index in [2.05, 4.69) is 30.7 Å². The maximum Gasteiger partial charge on any atom is 0.347 e. The first kappa shape index (κ1) is 16.0. The molecule has 1 rings (SSSR count). The highest BCUT2D eigenvalue weighted by Crippen LogP contribution is 2.31. The molecule has 0 fully saturated rings. The van der Waals surface area contributed by atoms with Gasteiger partial charge in [-0.1, -0.05) is 39.0 Å². The molecule has 0 spiro atoms. The number of hydrogen-bond acceptors (Lipinski definition) is 4. The normalized spacial score (nSPS) is 12.7. The molecule has 1 N–H and O–H groups in total. The molecule has 1 heterocycles. The molecule has 1 aromatic heterocycles. The van der Waals surface area contributed by atoms with E-state index in [1.807, 2.05) is 14.0 Å². The fraction of sp³-hybridized carbons (Fsp3) is 0.714. The molecule has 5 heteroatoms. The number of hydrogen-bond donors (Lipinski definition) is 1. The Bertz CT molecular complexity index is 429. The summed E-state index contributed by atoms with van der Waals surface area (Å²) in [4.78, 5) is 18.3. The van der Waals surface area contributed by atoms with Gasteiger partial charge in [0.1, 0.15) is 4.88 Å². The standard InChI is InChI=1S/C14H24N2O2S/c1-6-10(4)11-12(13(17)18)19-14(15-11)16(5)8-7-9(2)3/h9-10H,6-8H2,1-5H3,(H,17,18). The second-order valence-electron chi connectivity index (χ2n) is 5.43. The van der Waals surface area contributed by atoms with Crippen LogP contribution in [0.1, 0.15) is 61.8 Å². The molecule has 0 saturated carbocycles. The molecule has 19 heavy (non-hydrogen) atoms. The topological polar surface area (TPSA) is 53.4 Å². The van der Waals surface area contributed by atoms with Gasteiger partial charge in [0.2, 0.25) is 0 Å². The van der Waals surface area contributed by atoms with Gasteiger partial charge in [-0.15, -0.1) is 0 Å². The first-order chi connectivity index (χ1) is 8.86. The number of carbonyl (C=O) groups is 1. The van der Waals surface area contributed by atoms with Crippen LogP contribution in [0.4, 0.5) is 5.13 Å². The lowest BCUT2D eigenvalue weighted by molar-refractivity contribution is 0.0700. The van der Waals surface area contributed by atoms with Crippen molar-refractivity contribution in [1.29, 1.82) is 0 Å². The van der Waals surface area contributed by atoms with Crippen molar-refractivity contribution < 1.29 is 9.90 Å². The van der Waals surface area contributed by atoms with Crippen LogP contribution in [0.3, 0.4) is 0 Å². The Balaban J connectivity index is 2.94. The third-order valence-electron chi connectivity index (χ3n) is 3.28. The lowest BCUT2D eigenvalue weighted by Gasteiger charge is -2.16. The van der Waals surface area contributed by atoms with E-state index < -0.39 is 5.97 Å². The van der Waals surface area contributed by atoms with Crippen LogP contribution in [0, 0.1) is 5.92 Å². The number of carboxylic acid groups (broad SMARTS) is 1. The molecule has 1 unspecified atom stereocenters. The summed E-state index contributed by atoms with van der Waals surface area (Å²) in [5, 5.41) is 10.1. The summed E-state index contributed by atoms with van der Waals surface area (Å²) in [5.74, 6) is -0.0405. The Morgan fingerprint density at radius 3 is 2.53 bits per heavy atom. The fourth-order valence-electron chi connectivity index (χ4n) is 1.71. The minimum atomic E-state index is -0.865. The van der Waals surface area contributed by atoms with E-state index in [1.165, 1.54) is 11.3 Å². The van der Waals surface area contributed by atoms with E-state index >= 15 is 0 Å². The highest BCUT2D eigenvalue weighted by Gasteiger charge is 2.22. The van der Waals surface area contributed by atoms with E-state index in [1.54, 1.807) is 0 Å². The number of aromatic carboxylic acids is 1. The van der Waals surface area contributed by atoms with Gasteiger partial charge in [0.25, 0.3) is 0 Å². The van der Waals surface area contributed by atoms with Crippen molar-refractivity contribution in [2.75, 3.05) is 18.5 Å². The van der Waals surface area contributed by atoms with Gasteiger partial charge in [0.15, 0.2) is 5.13 Å². The van der Waals surface area contributed by atoms with Gasteiger partial charge in [-0.05, 0) is 24.7 Å². The molecule has 4 nitrogen and oxygen atoms in total. The predicted molar refractivity (Wildman–Crippen MR) is 80.5 cm³/mol. The first-order valence-electron chi connectivity index (χ1n) is 6.81. The molecule has 1 aromatic rings. The van der Waals surface area contributed by atoms with Gasteiger partial charge in [0.05, 0.1) is 5.69 Å². The van der Waals surface area contributed by atoms with E-state index in [4.69, 9.17) is 0 Å². The molecular weight excluding hydrogens is 260 g/mol. The highest BCUT2D eigenvalue weighted by molar-refractivity contribution is 7.17. The molecule has 0 radical (unpaired) electrons. The van der Waals surface area contributed by atoms with Gasteiger partial charge in [-0.3, -0.25) is 0 Å². The zero-order valence-corrected chi connectivity index (χ0v) is 13.3. The summed E-state index contributed by atoms with van der Waals surface area (Å²) in [6.45, 7) is 9.35. The number of anilines is 1. The fourth-order valence-corrected chi connectivity index (χ4v) is 2.72. The first-order valence-corrected chi connectivity index (χ1v) is 7.63. The van der Waals surface area contributed by atoms with Gasteiger partial charge in [0, 0.05) is 13.6 Å². The van der Waals surface area contributed by atoms with Crippen LogP contribution in [-0.4, -0.2) is 29.7 Å². The molecule has 108 valence electrons. The summed E-state index contributed by atoms with van der Waals surface area (Å²) in [7, 11) is 1.98. The van der Waals surface area contributed by atoms with E-state index in [0.29, 0.717) is 10.8 Å². The van der Waals surface area contributed by atoms with Crippen LogP contribution < -0.4 is 4.90 Å². The van der Waals surface area contributed by atoms with Crippen LogP contribution in [0.15, 0.2) is 0 Å². The minimum absolute atomic E-state index is 0.189. The molecule has 0 aliphatic rings. The smallest absolute Gasteiger partial charge is 0.347 e. The average molecular weight is 284 g/mol. The van der Waals surface area contributed by atoms with E-state index in [-0.39, 0.29) is 5.92 Å². The second kappa shape index (κ2) is 6.89. The molecular formula is C14H24N2O2S. The summed E-state index contributed by atoms with van der Waals surface area (Å²) in [5.41, 5.74) is 0.728. The maximum absolute atomic E-state index is 11.3. The molecule has 1 atom stereocenters. The lowest BCUT2D eigenvalue weighted by atomic mass is 10.0. The third-order valence-corrected chi connectivity index (χ3v) is 4.46. The molecule has 0 saturated heterocycles. The summed E-state index contributed by atoms with van der Waals surface area (Å²) in [6.07, 6.45) is 1.98. The van der Waals surface area contributed by atoms with Crippen molar-refractivity contribution in [3.63, 3.8) is 0 Å². The number of rotatable bonds is 7. The predicted octanol–water partition coefficient (Wildman–Crippen LogP) is 3.84. The van der Waals surface area contributed by atoms with Crippen molar-refractivity contribution in [3.05, 3.63) is 10.6 Å². The Morgan fingerprint density at radius 1 is 1.42 bits per heavy atom. The van der Waals surface area contributed by atoms with Gasteiger partial charge in [-0.25, -0.2) is 9.78 Å². The highest BCUT2D eigenvalue weighted by atomic mass is 32.1. The number of nitrogens with zero attached hydrogens (tertiary/aromatic N) is 2. The van der Waals surface area contributed by atoms with Crippen molar-refractivity contribution in [2.45, 2.75) is 46.5 Å². The SMILES string of the molecule is CCC(C)c1nc(N(C)CCC(C)C)sc1C(=O)O. The third kappa shape index (κ3) is 4.20. The van der Waals surface area contributed by atoms with Gasteiger partial charge >= 0.3 is 5.97 Å². The van der Waals surface area contributed by atoms with Crippen LogP contribution >= 0.6 is 11.3 Å². The minimum Gasteiger partial charge on any atom is -0.477 e. The largest absolute Gasteiger partial charge is 0.477 e. The van der Waals surface area contributed by atoms with Crippen molar-refractivity contribution in [1.82, 2.24) is 4.98 Å². The quantitative estimate of drug-likeness (QED) is 0.826. The Hall–Kier alpha value is -1.10. The maximum atomic E-state index is 11.3. The number of carboxylic acids is 1. The Morgan fingerprint density at radius 2 is 2.05 bits per heavy atom. The van der Waals surface area contributed by atoms with Crippen molar-refractivity contribution in [2.24, 2.45) is 5.92 Å². The Labute approximate surface area is 119 Å².